The lowest BCUT2D eigenvalue weighted by molar-refractivity contribution is 0.0892. The maximum atomic E-state index is 11.9. The minimum atomic E-state index is -0.345. The van der Waals surface area contributed by atoms with Crippen molar-refractivity contribution in [2.75, 3.05) is 12.3 Å². The van der Waals surface area contributed by atoms with Crippen LogP contribution in [0.1, 0.15) is 31.3 Å². The number of hydrogen-bond acceptors (Lipinski definition) is 4. The SMILES string of the molecule is CCn1cc(N)c(C(=O)NC(CO)C(C)C)n1. The first-order valence-electron chi connectivity index (χ1n) is 5.74. The number of aliphatic hydroxyl groups is 1. The fraction of sp³-hybridized carbons (Fsp3) is 0.636. The summed E-state index contributed by atoms with van der Waals surface area (Å²) in [6, 6.07) is -0.284. The molecular formula is C11H20N4O2. The molecule has 0 bridgehead atoms. The van der Waals surface area contributed by atoms with Crippen LogP contribution >= 0.6 is 0 Å². The van der Waals surface area contributed by atoms with Gasteiger partial charge in [0.15, 0.2) is 5.69 Å². The van der Waals surface area contributed by atoms with Crippen molar-refractivity contribution < 1.29 is 9.90 Å². The largest absolute Gasteiger partial charge is 0.396 e. The minimum Gasteiger partial charge on any atom is -0.396 e. The maximum absolute atomic E-state index is 11.9. The number of rotatable bonds is 5. The van der Waals surface area contributed by atoms with Crippen LogP contribution in [0.3, 0.4) is 0 Å². The first-order valence-corrected chi connectivity index (χ1v) is 5.74. The number of anilines is 1. The van der Waals surface area contributed by atoms with Gasteiger partial charge >= 0.3 is 0 Å². The third-order valence-electron chi connectivity index (χ3n) is 2.65. The zero-order chi connectivity index (χ0) is 13.0. The number of nitrogens with zero attached hydrogens (tertiary/aromatic N) is 2. The van der Waals surface area contributed by atoms with Gasteiger partial charge in [-0.25, -0.2) is 0 Å². The third kappa shape index (κ3) is 3.20. The summed E-state index contributed by atoms with van der Waals surface area (Å²) >= 11 is 0. The molecule has 1 heterocycles. The summed E-state index contributed by atoms with van der Waals surface area (Å²) in [5, 5.41) is 15.9. The fourth-order valence-corrected chi connectivity index (χ4v) is 1.44. The second kappa shape index (κ2) is 5.67. The number of carbonyl (C=O) groups excluding carboxylic acids is 1. The molecular weight excluding hydrogens is 220 g/mol. The van der Waals surface area contributed by atoms with E-state index in [4.69, 9.17) is 10.8 Å². The molecule has 4 N–H and O–H groups in total. The van der Waals surface area contributed by atoms with E-state index in [1.165, 1.54) is 0 Å². The van der Waals surface area contributed by atoms with Crippen molar-refractivity contribution in [1.29, 1.82) is 0 Å². The number of hydrogen-bond donors (Lipinski definition) is 3. The topological polar surface area (TPSA) is 93.2 Å². The molecule has 6 nitrogen and oxygen atoms in total. The second-order valence-electron chi connectivity index (χ2n) is 4.30. The lowest BCUT2D eigenvalue weighted by atomic mass is 10.1. The van der Waals surface area contributed by atoms with Crippen LogP contribution in [0.2, 0.25) is 0 Å². The summed E-state index contributed by atoms with van der Waals surface area (Å²) in [7, 11) is 0. The zero-order valence-corrected chi connectivity index (χ0v) is 10.5. The molecule has 0 spiro atoms. The monoisotopic (exact) mass is 240 g/mol. The quantitative estimate of drug-likeness (QED) is 0.687. The van der Waals surface area contributed by atoms with Crippen molar-refractivity contribution in [2.45, 2.75) is 33.4 Å². The Kier molecular flexibility index (Phi) is 4.51. The Hall–Kier alpha value is -1.56. The van der Waals surface area contributed by atoms with Crippen molar-refractivity contribution in [1.82, 2.24) is 15.1 Å². The first-order chi connectivity index (χ1) is 7.99. The number of nitrogens with one attached hydrogen (secondary N) is 1. The van der Waals surface area contributed by atoms with Gasteiger partial charge in [0.25, 0.3) is 5.91 Å². The van der Waals surface area contributed by atoms with Gasteiger partial charge in [-0.05, 0) is 12.8 Å². The molecule has 1 rings (SSSR count). The van der Waals surface area contributed by atoms with E-state index in [2.05, 4.69) is 10.4 Å². The summed E-state index contributed by atoms with van der Waals surface area (Å²) < 4.78 is 1.60. The summed E-state index contributed by atoms with van der Waals surface area (Å²) in [6.45, 7) is 6.33. The van der Waals surface area contributed by atoms with Gasteiger partial charge in [-0.2, -0.15) is 5.10 Å². The molecule has 1 atom stereocenters. The predicted octanol–water partition coefficient (Wildman–Crippen LogP) is 0.232. The Morgan fingerprint density at radius 3 is 2.71 bits per heavy atom. The minimum absolute atomic E-state index is 0.0994. The molecule has 0 saturated carbocycles. The van der Waals surface area contributed by atoms with Crippen LogP contribution in [-0.2, 0) is 6.54 Å². The van der Waals surface area contributed by atoms with Gasteiger partial charge in [0.1, 0.15) is 0 Å². The highest BCUT2D eigenvalue weighted by Gasteiger charge is 2.20. The highest BCUT2D eigenvalue weighted by atomic mass is 16.3. The van der Waals surface area contributed by atoms with Gasteiger partial charge < -0.3 is 16.2 Å². The van der Waals surface area contributed by atoms with Gasteiger partial charge in [-0.3, -0.25) is 9.48 Å². The lowest BCUT2D eigenvalue weighted by Gasteiger charge is -2.19. The van der Waals surface area contributed by atoms with E-state index in [0.29, 0.717) is 12.2 Å². The van der Waals surface area contributed by atoms with E-state index in [9.17, 15) is 4.79 Å². The molecule has 0 radical (unpaired) electrons. The van der Waals surface area contributed by atoms with Crippen LogP contribution in [0, 0.1) is 5.92 Å². The number of carbonyl (C=O) groups is 1. The van der Waals surface area contributed by atoms with E-state index >= 15 is 0 Å². The Labute approximate surface area is 101 Å². The molecule has 0 saturated heterocycles. The first kappa shape index (κ1) is 13.5. The van der Waals surface area contributed by atoms with Crippen LogP contribution < -0.4 is 11.1 Å². The number of nitrogens with two attached hydrogens (primary N) is 1. The van der Waals surface area contributed by atoms with Crippen LogP contribution in [0.4, 0.5) is 5.69 Å². The molecule has 1 aromatic rings. The van der Waals surface area contributed by atoms with E-state index in [1.54, 1.807) is 10.9 Å². The average molecular weight is 240 g/mol. The molecule has 0 aliphatic rings. The standard InChI is InChI=1S/C11H20N4O2/c1-4-15-5-8(12)10(14-15)11(17)13-9(6-16)7(2)3/h5,7,9,16H,4,6,12H2,1-3H3,(H,13,17). The van der Waals surface area contributed by atoms with Crippen molar-refractivity contribution in [3.05, 3.63) is 11.9 Å². The highest BCUT2D eigenvalue weighted by molar-refractivity contribution is 5.97. The summed E-state index contributed by atoms with van der Waals surface area (Å²) in [5.41, 5.74) is 6.27. The molecule has 0 aromatic carbocycles. The summed E-state index contributed by atoms with van der Waals surface area (Å²) in [6.07, 6.45) is 1.62. The number of nitrogen functional groups attached to an aromatic ring is 1. The number of aliphatic hydroxyl groups excluding tert-OH is 1. The van der Waals surface area contributed by atoms with Gasteiger partial charge in [-0.1, -0.05) is 13.8 Å². The molecule has 96 valence electrons. The molecule has 0 fully saturated rings. The van der Waals surface area contributed by atoms with Crippen molar-refractivity contribution in [2.24, 2.45) is 5.92 Å². The highest BCUT2D eigenvalue weighted by Crippen LogP contribution is 2.10. The van der Waals surface area contributed by atoms with Gasteiger partial charge in [0.2, 0.25) is 0 Å². The molecule has 6 heteroatoms. The smallest absolute Gasteiger partial charge is 0.274 e. The molecule has 1 aromatic heterocycles. The number of amides is 1. The van der Waals surface area contributed by atoms with E-state index in [1.807, 2.05) is 20.8 Å². The average Bonchev–Trinajstić information content (AvgIpc) is 2.66. The molecule has 0 aliphatic carbocycles. The predicted molar refractivity (Wildman–Crippen MR) is 65.5 cm³/mol. The number of aryl methyl sites for hydroxylation is 1. The van der Waals surface area contributed by atoms with E-state index < -0.39 is 0 Å². The Bertz CT molecular complexity index is 387. The Balaban J connectivity index is 2.78. The Morgan fingerprint density at radius 1 is 1.65 bits per heavy atom. The van der Waals surface area contributed by atoms with Crippen molar-refractivity contribution in [3.63, 3.8) is 0 Å². The van der Waals surface area contributed by atoms with E-state index in [-0.39, 0.29) is 30.2 Å². The number of aromatic nitrogens is 2. The molecule has 1 unspecified atom stereocenters. The second-order valence-corrected chi connectivity index (χ2v) is 4.30. The summed E-state index contributed by atoms with van der Waals surface area (Å²) in [4.78, 5) is 11.9. The maximum Gasteiger partial charge on any atom is 0.274 e. The molecule has 0 aliphatic heterocycles. The van der Waals surface area contributed by atoms with Gasteiger partial charge in [0.05, 0.1) is 18.3 Å². The summed E-state index contributed by atoms with van der Waals surface area (Å²) in [5.74, 6) is -0.194. The van der Waals surface area contributed by atoms with Crippen molar-refractivity contribution >= 4 is 11.6 Å². The van der Waals surface area contributed by atoms with Crippen LogP contribution in [0.25, 0.3) is 0 Å². The normalized spacial score (nSPS) is 12.8. The van der Waals surface area contributed by atoms with Crippen LogP contribution in [0.5, 0.6) is 0 Å². The van der Waals surface area contributed by atoms with Crippen molar-refractivity contribution in [3.8, 4) is 0 Å². The molecule has 1 amide bonds. The zero-order valence-electron chi connectivity index (χ0n) is 10.5. The van der Waals surface area contributed by atoms with Gasteiger partial charge in [-0.15, -0.1) is 0 Å². The van der Waals surface area contributed by atoms with E-state index in [0.717, 1.165) is 0 Å². The van der Waals surface area contributed by atoms with Gasteiger partial charge in [0, 0.05) is 12.7 Å². The fourth-order valence-electron chi connectivity index (χ4n) is 1.44. The Morgan fingerprint density at radius 2 is 2.29 bits per heavy atom. The molecule has 17 heavy (non-hydrogen) atoms. The van der Waals surface area contributed by atoms with Crippen LogP contribution in [-0.4, -0.2) is 33.4 Å². The lowest BCUT2D eigenvalue weighted by Crippen LogP contribution is -2.41. The van der Waals surface area contributed by atoms with Crippen LogP contribution in [0.15, 0.2) is 6.20 Å². The third-order valence-corrected chi connectivity index (χ3v) is 2.65.